The van der Waals surface area contributed by atoms with Crippen LogP contribution >= 0.6 is 11.3 Å². The summed E-state index contributed by atoms with van der Waals surface area (Å²) in [5.74, 6) is 1.00. The van der Waals surface area contributed by atoms with Gasteiger partial charge in [-0.2, -0.15) is 0 Å². The van der Waals surface area contributed by atoms with E-state index in [1.807, 2.05) is 17.4 Å². The highest BCUT2D eigenvalue weighted by Gasteiger charge is 2.13. The zero-order valence-electron chi connectivity index (χ0n) is 12.5. The van der Waals surface area contributed by atoms with Gasteiger partial charge in [0, 0.05) is 10.3 Å². The summed E-state index contributed by atoms with van der Waals surface area (Å²) in [5.41, 5.74) is 2.25. The Hall–Kier alpha value is -1.87. The summed E-state index contributed by atoms with van der Waals surface area (Å²) >= 11 is 1.81. The van der Waals surface area contributed by atoms with Crippen molar-refractivity contribution in [2.24, 2.45) is 0 Å². The Morgan fingerprint density at radius 3 is 2.81 bits per heavy atom. The van der Waals surface area contributed by atoms with Crippen molar-refractivity contribution >= 4 is 28.1 Å². The smallest absolute Gasteiger partial charge is 0.130 e. The molecule has 21 heavy (non-hydrogen) atoms. The van der Waals surface area contributed by atoms with Gasteiger partial charge in [-0.3, -0.25) is 0 Å². The zero-order chi connectivity index (χ0) is 14.7. The Morgan fingerprint density at radius 1 is 1.19 bits per heavy atom. The Balaban J connectivity index is 1.93. The molecular weight excluding hydrogens is 276 g/mol. The van der Waals surface area contributed by atoms with Crippen molar-refractivity contribution in [1.82, 2.24) is 4.98 Å². The van der Waals surface area contributed by atoms with E-state index in [2.05, 4.69) is 60.9 Å². The minimum absolute atomic E-state index is 0.349. The number of aromatic nitrogens is 1. The number of thiophene rings is 1. The second kappa shape index (κ2) is 6.27. The van der Waals surface area contributed by atoms with E-state index in [4.69, 9.17) is 4.98 Å². The number of benzene rings is 1. The Labute approximate surface area is 129 Å². The predicted molar refractivity (Wildman–Crippen MR) is 92.1 cm³/mol. The Morgan fingerprint density at radius 2 is 2.05 bits per heavy atom. The first kappa shape index (κ1) is 14.1. The summed E-state index contributed by atoms with van der Waals surface area (Å²) in [7, 11) is 0. The Bertz CT molecular complexity index is 719. The molecule has 2 heterocycles. The van der Waals surface area contributed by atoms with Gasteiger partial charge in [-0.15, -0.1) is 11.3 Å². The fourth-order valence-electron chi connectivity index (χ4n) is 2.60. The summed E-state index contributed by atoms with van der Waals surface area (Å²) in [6.45, 7) is 4.35. The molecule has 1 unspecified atom stereocenters. The van der Waals surface area contributed by atoms with Gasteiger partial charge in [0.1, 0.15) is 5.82 Å². The molecule has 2 aromatic heterocycles. The molecular formula is C18H20N2S. The molecule has 0 aliphatic rings. The molecule has 0 bridgehead atoms. The van der Waals surface area contributed by atoms with Crippen LogP contribution in [0.15, 0.2) is 47.8 Å². The number of rotatable bonds is 5. The summed E-state index contributed by atoms with van der Waals surface area (Å²) < 4.78 is 0. The number of nitrogens with zero attached hydrogens (tertiary/aromatic N) is 1. The van der Waals surface area contributed by atoms with E-state index >= 15 is 0 Å². The maximum Gasteiger partial charge on any atom is 0.130 e. The molecule has 3 aromatic rings. The summed E-state index contributed by atoms with van der Waals surface area (Å²) in [4.78, 5) is 6.18. The molecule has 2 nitrogen and oxygen atoms in total. The van der Waals surface area contributed by atoms with Crippen molar-refractivity contribution in [3.63, 3.8) is 0 Å². The van der Waals surface area contributed by atoms with Crippen molar-refractivity contribution in [2.75, 3.05) is 5.32 Å². The van der Waals surface area contributed by atoms with Crippen LogP contribution < -0.4 is 5.32 Å². The van der Waals surface area contributed by atoms with E-state index in [1.54, 1.807) is 0 Å². The number of fused-ring (bicyclic) bond motifs is 1. The number of hydrogen-bond donors (Lipinski definition) is 1. The third kappa shape index (κ3) is 3.08. The van der Waals surface area contributed by atoms with Crippen LogP contribution in [0.5, 0.6) is 0 Å². The van der Waals surface area contributed by atoms with Gasteiger partial charge < -0.3 is 5.32 Å². The van der Waals surface area contributed by atoms with Crippen LogP contribution in [0.3, 0.4) is 0 Å². The fraction of sp³-hybridized carbons (Fsp3) is 0.278. The second-order valence-corrected chi connectivity index (χ2v) is 6.33. The number of para-hydroxylation sites is 1. The molecule has 0 saturated carbocycles. The van der Waals surface area contributed by atoms with E-state index in [0.29, 0.717) is 6.04 Å². The number of anilines is 1. The first-order chi connectivity index (χ1) is 10.3. The first-order valence-corrected chi connectivity index (χ1v) is 8.32. The van der Waals surface area contributed by atoms with Crippen molar-refractivity contribution in [1.29, 1.82) is 0 Å². The van der Waals surface area contributed by atoms with E-state index in [9.17, 15) is 0 Å². The van der Waals surface area contributed by atoms with Crippen molar-refractivity contribution in [2.45, 2.75) is 32.7 Å². The average Bonchev–Trinajstić information content (AvgIpc) is 3.01. The molecule has 0 spiro atoms. The van der Waals surface area contributed by atoms with Gasteiger partial charge in [0.2, 0.25) is 0 Å². The quantitative estimate of drug-likeness (QED) is 0.667. The molecule has 0 aliphatic heterocycles. The molecule has 3 heteroatoms. The third-order valence-electron chi connectivity index (χ3n) is 3.69. The molecule has 0 fully saturated rings. The number of nitrogens with one attached hydrogen (secondary N) is 1. The highest BCUT2D eigenvalue weighted by molar-refractivity contribution is 7.10. The largest absolute Gasteiger partial charge is 0.362 e. The van der Waals surface area contributed by atoms with Gasteiger partial charge in [-0.25, -0.2) is 4.98 Å². The van der Waals surface area contributed by atoms with Crippen LogP contribution in [-0.2, 0) is 0 Å². The predicted octanol–water partition coefficient (Wildman–Crippen LogP) is 5.56. The lowest BCUT2D eigenvalue weighted by molar-refractivity contribution is 0.684. The highest BCUT2D eigenvalue weighted by atomic mass is 32.1. The van der Waals surface area contributed by atoms with Gasteiger partial charge in [-0.1, -0.05) is 37.6 Å². The standard InChI is InChI=1S/C18H20N2S/c1-3-7-16(17-10-6-11-21-17)20-18-13(2)12-14-8-4-5-9-15(14)19-18/h4-6,8-12,16H,3,7H2,1-2H3,(H,19,20). The summed E-state index contributed by atoms with van der Waals surface area (Å²) in [6, 6.07) is 15.2. The fourth-order valence-corrected chi connectivity index (χ4v) is 3.41. The SMILES string of the molecule is CCCC(Nc1nc2ccccc2cc1C)c1cccs1. The summed E-state index contributed by atoms with van der Waals surface area (Å²) in [6.07, 6.45) is 2.27. The number of hydrogen-bond acceptors (Lipinski definition) is 3. The normalized spacial score (nSPS) is 12.5. The lowest BCUT2D eigenvalue weighted by Crippen LogP contribution is -2.11. The number of pyridine rings is 1. The Kier molecular flexibility index (Phi) is 4.20. The van der Waals surface area contributed by atoms with Gasteiger partial charge in [0.05, 0.1) is 11.6 Å². The molecule has 1 atom stereocenters. The maximum atomic E-state index is 4.80. The van der Waals surface area contributed by atoms with Crippen LogP contribution in [0, 0.1) is 6.92 Å². The van der Waals surface area contributed by atoms with Gasteiger partial charge in [0.25, 0.3) is 0 Å². The van der Waals surface area contributed by atoms with Crippen molar-refractivity contribution in [3.05, 3.63) is 58.3 Å². The van der Waals surface area contributed by atoms with Crippen LogP contribution in [0.1, 0.15) is 36.2 Å². The molecule has 3 rings (SSSR count). The van der Waals surface area contributed by atoms with Crippen molar-refractivity contribution in [3.8, 4) is 0 Å². The topological polar surface area (TPSA) is 24.9 Å². The third-order valence-corrected chi connectivity index (χ3v) is 4.68. The molecule has 108 valence electrons. The minimum Gasteiger partial charge on any atom is -0.362 e. The molecule has 1 aromatic carbocycles. The van der Waals surface area contributed by atoms with Crippen LogP contribution in [-0.4, -0.2) is 4.98 Å². The van der Waals surface area contributed by atoms with Gasteiger partial charge >= 0.3 is 0 Å². The number of aryl methyl sites for hydroxylation is 1. The van der Waals surface area contributed by atoms with Gasteiger partial charge in [0.15, 0.2) is 0 Å². The van der Waals surface area contributed by atoms with Crippen molar-refractivity contribution < 1.29 is 0 Å². The van der Waals surface area contributed by atoms with Crippen LogP contribution in [0.25, 0.3) is 10.9 Å². The van der Waals surface area contributed by atoms with Gasteiger partial charge in [-0.05, 0) is 42.5 Å². The molecule has 1 N–H and O–H groups in total. The molecule has 0 radical (unpaired) electrons. The minimum atomic E-state index is 0.349. The first-order valence-electron chi connectivity index (χ1n) is 7.44. The van der Waals surface area contributed by atoms with E-state index in [0.717, 1.165) is 24.2 Å². The molecule has 0 amide bonds. The monoisotopic (exact) mass is 296 g/mol. The zero-order valence-corrected chi connectivity index (χ0v) is 13.3. The van der Waals surface area contributed by atoms with E-state index in [-0.39, 0.29) is 0 Å². The highest BCUT2D eigenvalue weighted by Crippen LogP contribution is 2.29. The molecule has 0 saturated heterocycles. The van der Waals surface area contributed by atoms with Crippen LogP contribution in [0.4, 0.5) is 5.82 Å². The second-order valence-electron chi connectivity index (χ2n) is 5.35. The van der Waals surface area contributed by atoms with Crippen LogP contribution in [0.2, 0.25) is 0 Å². The average molecular weight is 296 g/mol. The summed E-state index contributed by atoms with van der Waals surface area (Å²) in [5, 5.41) is 6.98. The lowest BCUT2D eigenvalue weighted by atomic mass is 10.1. The van der Waals surface area contributed by atoms with E-state index in [1.165, 1.54) is 15.8 Å². The maximum absolute atomic E-state index is 4.80. The lowest BCUT2D eigenvalue weighted by Gasteiger charge is -2.19. The molecule has 0 aliphatic carbocycles. The van der Waals surface area contributed by atoms with E-state index < -0.39 is 0 Å².